The van der Waals surface area contributed by atoms with Crippen molar-refractivity contribution in [1.82, 2.24) is 5.32 Å². The van der Waals surface area contributed by atoms with Gasteiger partial charge in [-0.1, -0.05) is 11.6 Å². The summed E-state index contributed by atoms with van der Waals surface area (Å²) in [5.41, 5.74) is 1.58. The fourth-order valence-electron chi connectivity index (χ4n) is 2.62. The number of non-ortho nitro benzene ring substituents is 1. The highest BCUT2D eigenvalue weighted by molar-refractivity contribution is 6.33. The van der Waals surface area contributed by atoms with Crippen molar-refractivity contribution in [3.8, 4) is 11.5 Å². The number of nitrogens with zero attached hydrogens (tertiary/aromatic N) is 1. The summed E-state index contributed by atoms with van der Waals surface area (Å²) in [7, 11) is 3.08. The standard InChI is InChI=1S/C18H19ClN2O5/c1-10-7-16(25-3)17(26-4)9-13(10)11(2)20-18(22)14-8-12(21(23)24)5-6-15(14)19/h5-9,11H,1-4H3,(H,20,22)/t11-/m0/s1. The molecule has 0 fully saturated rings. The van der Waals surface area contributed by atoms with Crippen LogP contribution in [0.3, 0.4) is 0 Å². The Bertz CT molecular complexity index is 854. The van der Waals surface area contributed by atoms with Crippen molar-refractivity contribution in [3.05, 3.63) is 62.2 Å². The van der Waals surface area contributed by atoms with Gasteiger partial charge in [-0.3, -0.25) is 14.9 Å². The highest BCUT2D eigenvalue weighted by atomic mass is 35.5. The second-order valence-corrected chi connectivity index (χ2v) is 6.09. The van der Waals surface area contributed by atoms with Crippen molar-refractivity contribution in [3.63, 3.8) is 0 Å². The van der Waals surface area contributed by atoms with E-state index in [1.165, 1.54) is 19.2 Å². The summed E-state index contributed by atoms with van der Waals surface area (Å²) in [6.45, 7) is 3.69. The fraction of sp³-hybridized carbons (Fsp3) is 0.278. The number of nitro benzene ring substituents is 1. The fourth-order valence-corrected chi connectivity index (χ4v) is 2.82. The maximum atomic E-state index is 12.5. The predicted molar refractivity (Wildman–Crippen MR) is 98.3 cm³/mol. The Morgan fingerprint density at radius 1 is 1.19 bits per heavy atom. The van der Waals surface area contributed by atoms with Crippen LogP contribution in [0, 0.1) is 17.0 Å². The molecule has 2 aromatic carbocycles. The molecule has 0 aliphatic carbocycles. The molecule has 0 aliphatic heterocycles. The van der Waals surface area contributed by atoms with Crippen LogP contribution in [-0.4, -0.2) is 25.1 Å². The lowest BCUT2D eigenvalue weighted by molar-refractivity contribution is -0.384. The summed E-state index contributed by atoms with van der Waals surface area (Å²) < 4.78 is 10.6. The highest BCUT2D eigenvalue weighted by Gasteiger charge is 2.20. The van der Waals surface area contributed by atoms with Crippen LogP contribution in [0.15, 0.2) is 30.3 Å². The van der Waals surface area contributed by atoms with Crippen molar-refractivity contribution in [2.24, 2.45) is 0 Å². The van der Waals surface area contributed by atoms with Crippen molar-refractivity contribution >= 4 is 23.2 Å². The van der Waals surface area contributed by atoms with Gasteiger partial charge in [-0.15, -0.1) is 0 Å². The van der Waals surface area contributed by atoms with Crippen LogP contribution in [0.4, 0.5) is 5.69 Å². The van der Waals surface area contributed by atoms with E-state index in [4.69, 9.17) is 21.1 Å². The number of carbonyl (C=O) groups excluding carboxylic acids is 1. The second-order valence-electron chi connectivity index (χ2n) is 5.68. The van der Waals surface area contributed by atoms with E-state index >= 15 is 0 Å². The summed E-state index contributed by atoms with van der Waals surface area (Å²) in [4.78, 5) is 22.9. The van der Waals surface area contributed by atoms with Gasteiger partial charge in [0.25, 0.3) is 11.6 Å². The van der Waals surface area contributed by atoms with Gasteiger partial charge in [0.2, 0.25) is 0 Å². The van der Waals surface area contributed by atoms with Gasteiger partial charge in [-0.25, -0.2) is 0 Å². The van der Waals surface area contributed by atoms with E-state index in [1.54, 1.807) is 20.1 Å². The maximum Gasteiger partial charge on any atom is 0.270 e. The lowest BCUT2D eigenvalue weighted by Crippen LogP contribution is -2.27. The van der Waals surface area contributed by atoms with Crippen LogP contribution < -0.4 is 14.8 Å². The van der Waals surface area contributed by atoms with Crippen LogP contribution in [0.1, 0.15) is 34.5 Å². The Balaban J connectivity index is 2.30. The number of rotatable bonds is 6. The third-order valence-electron chi connectivity index (χ3n) is 3.99. The molecule has 1 atom stereocenters. The summed E-state index contributed by atoms with van der Waals surface area (Å²) in [6, 6.07) is 6.97. The number of ether oxygens (including phenoxy) is 2. The molecule has 0 spiro atoms. The maximum absolute atomic E-state index is 12.5. The van der Waals surface area contributed by atoms with E-state index < -0.39 is 10.8 Å². The third kappa shape index (κ3) is 4.05. The zero-order chi connectivity index (χ0) is 19.4. The number of hydrogen-bond acceptors (Lipinski definition) is 5. The minimum Gasteiger partial charge on any atom is -0.493 e. The molecule has 138 valence electrons. The number of halogens is 1. The summed E-state index contributed by atoms with van der Waals surface area (Å²) in [6.07, 6.45) is 0. The van der Waals surface area contributed by atoms with Crippen molar-refractivity contribution in [2.45, 2.75) is 19.9 Å². The van der Waals surface area contributed by atoms with E-state index in [9.17, 15) is 14.9 Å². The molecule has 0 saturated carbocycles. The zero-order valence-electron chi connectivity index (χ0n) is 14.8. The van der Waals surface area contributed by atoms with Gasteiger partial charge in [0.1, 0.15) is 0 Å². The Morgan fingerprint density at radius 2 is 1.81 bits per heavy atom. The molecule has 8 heteroatoms. The Kier molecular flexibility index (Phi) is 6.05. The molecule has 1 N–H and O–H groups in total. The molecule has 0 aliphatic rings. The molecule has 1 amide bonds. The van der Waals surface area contributed by atoms with Crippen LogP contribution in [-0.2, 0) is 0 Å². The number of nitrogens with one attached hydrogen (secondary N) is 1. The first-order valence-corrected chi connectivity index (χ1v) is 8.13. The molecule has 2 rings (SSSR count). The SMILES string of the molecule is COc1cc(C)c([C@H](C)NC(=O)c2cc([N+](=O)[O-])ccc2Cl)cc1OC. The minimum atomic E-state index is -0.574. The Labute approximate surface area is 156 Å². The lowest BCUT2D eigenvalue weighted by atomic mass is 10.0. The molecule has 0 unspecified atom stereocenters. The first-order chi connectivity index (χ1) is 12.3. The van der Waals surface area contributed by atoms with Gasteiger partial charge in [0.05, 0.1) is 35.8 Å². The summed E-state index contributed by atoms with van der Waals surface area (Å²) in [5, 5.41) is 13.9. The molecule has 2 aromatic rings. The van der Waals surface area contributed by atoms with Crippen LogP contribution in [0.25, 0.3) is 0 Å². The van der Waals surface area contributed by atoms with E-state index in [-0.39, 0.29) is 22.3 Å². The quantitative estimate of drug-likeness (QED) is 0.604. The monoisotopic (exact) mass is 378 g/mol. The van der Waals surface area contributed by atoms with E-state index in [2.05, 4.69) is 5.32 Å². The highest BCUT2D eigenvalue weighted by Crippen LogP contribution is 2.33. The largest absolute Gasteiger partial charge is 0.493 e. The molecule has 26 heavy (non-hydrogen) atoms. The van der Waals surface area contributed by atoms with Gasteiger partial charge in [-0.2, -0.15) is 0 Å². The molecular weight excluding hydrogens is 360 g/mol. The molecule has 0 heterocycles. The van der Waals surface area contributed by atoms with Gasteiger partial charge >= 0.3 is 0 Å². The normalized spacial score (nSPS) is 11.6. The number of methoxy groups -OCH3 is 2. The topological polar surface area (TPSA) is 90.7 Å². The average Bonchev–Trinajstić information content (AvgIpc) is 2.61. The molecule has 0 aromatic heterocycles. The summed E-state index contributed by atoms with van der Waals surface area (Å²) >= 11 is 6.02. The summed E-state index contributed by atoms with van der Waals surface area (Å²) in [5.74, 6) is 0.636. The lowest BCUT2D eigenvalue weighted by Gasteiger charge is -2.19. The first-order valence-electron chi connectivity index (χ1n) is 7.75. The average molecular weight is 379 g/mol. The van der Waals surface area contributed by atoms with E-state index in [0.29, 0.717) is 11.5 Å². The van der Waals surface area contributed by atoms with Gasteiger partial charge in [-0.05, 0) is 43.2 Å². The van der Waals surface area contributed by atoms with E-state index in [0.717, 1.165) is 17.2 Å². The first kappa shape index (κ1) is 19.5. The third-order valence-corrected chi connectivity index (χ3v) is 4.32. The Morgan fingerprint density at radius 3 is 2.38 bits per heavy atom. The van der Waals surface area contributed by atoms with Crippen LogP contribution in [0.2, 0.25) is 5.02 Å². The molecule has 0 saturated heterocycles. The number of aryl methyl sites for hydroxylation is 1. The second kappa shape index (κ2) is 8.05. The number of hydrogen-bond donors (Lipinski definition) is 1. The van der Waals surface area contributed by atoms with Crippen molar-refractivity contribution in [1.29, 1.82) is 0 Å². The number of benzene rings is 2. The molecule has 7 nitrogen and oxygen atoms in total. The van der Waals surface area contributed by atoms with Gasteiger partial charge in [0, 0.05) is 12.1 Å². The van der Waals surface area contributed by atoms with Gasteiger partial charge < -0.3 is 14.8 Å². The zero-order valence-corrected chi connectivity index (χ0v) is 15.6. The van der Waals surface area contributed by atoms with Crippen LogP contribution in [0.5, 0.6) is 11.5 Å². The molecule has 0 radical (unpaired) electrons. The van der Waals surface area contributed by atoms with Crippen molar-refractivity contribution < 1.29 is 19.2 Å². The predicted octanol–water partition coefficient (Wildman–Crippen LogP) is 4.06. The number of amides is 1. The smallest absolute Gasteiger partial charge is 0.270 e. The molecular formula is C18H19ClN2O5. The van der Waals surface area contributed by atoms with Crippen molar-refractivity contribution in [2.75, 3.05) is 14.2 Å². The molecule has 0 bridgehead atoms. The number of nitro groups is 1. The minimum absolute atomic E-state index is 0.0471. The number of carbonyl (C=O) groups is 1. The van der Waals surface area contributed by atoms with Gasteiger partial charge in [0.15, 0.2) is 11.5 Å². The van der Waals surface area contributed by atoms with Crippen LogP contribution >= 0.6 is 11.6 Å². The Hall–Kier alpha value is -2.80. The van der Waals surface area contributed by atoms with E-state index in [1.807, 2.05) is 13.0 Å².